The van der Waals surface area contributed by atoms with Crippen molar-refractivity contribution in [1.29, 1.82) is 5.26 Å². The molecule has 0 saturated carbocycles. The Morgan fingerprint density at radius 2 is 1.76 bits per heavy atom. The minimum atomic E-state index is -0.185. The SMILES string of the molecule is Cc1ccccc1CCN/C=C(/C#N)C(=O)N1CCN(Cc2ccccc2)CC1. The van der Waals surface area contributed by atoms with Gasteiger partial charge >= 0.3 is 0 Å². The van der Waals surface area contributed by atoms with Crippen LogP contribution in [0.25, 0.3) is 0 Å². The summed E-state index contributed by atoms with van der Waals surface area (Å²) < 4.78 is 0. The molecule has 5 nitrogen and oxygen atoms in total. The van der Waals surface area contributed by atoms with Gasteiger partial charge in [-0.15, -0.1) is 0 Å². The van der Waals surface area contributed by atoms with Gasteiger partial charge in [0.15, 0.2) is 0 Å². The first kappa shape index (κ1) is 20.6. The quantitative estimate of drug-likeness (QED) is 0.450. The van der Waals surface area contributed by atoms with Crippen molar-refractivity contribution in [2.45, 2.75) is 19.9 Å². The molecule has 0 atom stereocenters. The molecule has 0 bridgehead atoms. The Bertz CT molecular complexity index is 877. The van der Waals surface area contributed by atoms with Crippen LogP contribution in [0.5, 0.6) is 0 Å². The fourth-order valence-corrected chi connectivity index (χ4v) is 3.53. The van der Waals surface area contributed by atoms with Crippen LogP contribution < -0.4 is 5.32 Å². The Morgan fingerprint density at radius 1 is 1.07 bits per heavy atom. The zero-order valence-electron chi connectivity index (χ0n) is 17.0. The highest BCUT2D eigenvalue weighted by Crippen LogP contribution is 2.11. The second kappa shape index (κ2) is 10.4. The maximum atomic E-state index is 12.7. The van der Waals surface area contributed by atoms with Gasteiger partial charge < -0.3 is 10.2 Å². The van der Waals surface area contributed by atoms with Gasteiger partial charge in [0.25, 0.3) is 5.91 Å². The van der Waals surface area contributed by atoms with Gasteiger partial charge in [0, 0.05) is 45.5 Å². The number of nitrogens with zero attached hydrogens (tertiary/aromatic N) is 3. The minimum absolute atomic E-state index is 0.172. The summed E-state index contributed by atoms with van der Waals surface area (Å²) in [6.45, 7) is 6.60. The smallest absolute Gasteiger partial charge is 0.266 e. The lowest BCUT2D eigenvalue weighted by Crippen LogP contribution is -2.48. The first-order valence-electron chi connectivity index (χ1n) is 10.1. The third-order valence-corrected chi connectivity index (χ3v) is 5.31. The number of aryl methyl sites for hydroxylation is 1. The van der Waals surface area contributed by atoms with Gasteiger partial charge in [-0.2, -0.15) is 5.26 Å². The molecule has 1 saturated heterocycles. The van der Waals surface area contributed by atoms with Crippen LogP contribution in [0.2, 0.25) is 0 Å². The van der Waals surface area contributed by atoms with E-state index in [4.69, 9.17) is 0 Å². The molecule has 0 aliphatic carbocycles. The van der Waals surface area contributed by atoms with Crippen LogP contribution in [0.1, 0.15) is 16.7 Å². The Labute approximate surface area is 173 Å². The van der Waals surface area contributed by atoms with Crippen molar-refractivity contribution in [2.75, 3.05) is 32.7 Å². The zero-order valence-corrected chi connectivity index (χ0v) is 17.0. The molecular weight excluding hydrogens is 360 g/mol. The van der Waals surface area contributed by atoms with Crippen LogP contribution in [0.4, 0.5) is 0 Å². The topological polar surface area (TPSA) is 59.4 Å². The van der Waals surface area contributed by atoms with Crippen LogP contribution in [0, 0.1) is 18.3 Å². The molecule has 3 rings (SSSR count). The number of nitriles is 1. The van der Waals surface area contributed by atoms with E-state index in [0.29, 0.717) is 19.6 Å². The summed E-state index contributed by atoms with van der Waals surface area (Å²) >= 11 is 0. The summed E-state index contributed by atoms with van der Waals surface area (Å²) in [6, 6.07) is 20.7. The van der Waals surface area contributed by atoms with Crippen LogP contribution >= 0.6 is 0 Å². The first-order valence-corrected chi connectivity index (χ1v) is 10.1. The maximum Gasteiger partial charge on any atom is 0.266 e. The average molecular weight is 389 g/mol. The first-order chi connectivity index (χ1) is 14.2. The summed E-state index contributed by atoms with van der Waals surface area (Å²) in [5.41, 5.74) is 3.98. The molecule has 1 heterocycles. The molecule has 150 valence electrons. The van der Waals surface area contributed by atoms with E-state index >= 15 is 0 Å². The maximum absolute atomic E-state index is 12.7. The lowest BCUT2D eigenvalue weighted by Gasteiger charge is -2.34. The van der Waals surface area contributed by atoms with E-state index in [-0.39, 0.29) is 11.5 Å². The summed E-state index contributed by atoms with van der Waals surface area (Å²) in [6.07, 6.45) is 2.42. The van der Waals surface area contributed by atoms with Gasteiger partial charge in [0.2, 0.25) is 0 Å². The minimum Gasteiger partial charge on any atom is -0.389 e. The predicted octanol–water partition coefficient (Wildman–Crippen LogP) is 2.88. The number of rotatable bonds is 7. The van der Waals surface area contributed by atoms with E-state index in [1.807, 2.05) is 30.3 Å². The third kappa shape index (κ3) is 5.94. The highest BCUT2D eigenvalue weighted by atomic mass is 16.2. The number of piperazine rings is 1. The number of benzene rings is 2. The van der Waals surface area contributed by atoms with E-state index in [2.05, 4.69) is 47.5 Å². The molecule has 1 N–H and O–H groups in total. The fraction of sp³-hybridized carbons (Fsp3) is 0.333. The molecule has 0 radical (unpaired) electrons. The van der Waals surface area contributed by atoms with Gasteiger partial charge in [-0.3, -0.25) is 9.69 Å². The van der Waals surface area contributed by atoms with Crippen molar-refractivity contribution in [3.05, 3.63) is 83.1 Å². The molecule has 29 heavy (non-hydrogen) atoms. The van der Waals surface area contributed by atoms with Crippen molar-refractivity contribution in [3.63, 3.8) is 0 Å². The van der Waals surface area contributed by atoms with Gasteiger partial charge in [-0.25, -0.2) is 0 Å². The largest absolute Gasteiger partial charge is 0.389 e. The summed E-state index contributed by atoms with van der Waals surface area (Å²) in [4.78, 5) is 16.8. The van der Waals surface area contributed by atoms with Gasteiger partial charge in [-0.05, 0) is 30.0 Å². The normalized spacial score (nSPS) is 15.0. The molecule has 2 aromatic rings. The summed E-state index contributed by atoms with van der Waals surface area (Å²) in [7, 11) is 0. The van der Waals surface area contributed by atoms with E-state index in [0.717, 1.165) is 26.1 Å². The molecule has 0 spiro atoms. The second-order valence-corrected chi connectivity index (χ2v) is 7.35. The van der Waals surface area contributed by atoms with Gasteiger partial charge in [0.05, 0.1) is 0 Å². The van der Waals surface area contributed by atoms with E-state index in [1.165, 1.54) is 16.7 Å². The standard InChI is InChI=1S/C24H28N4O/c1-20-7-5-6-10-22(20)11-12-26-18-23(17-25)24(29)28-15-13-27(14-16-28)19-21-8-3-2-4-9-21/h2-10,18,26H,11-16,19H2,1H3/b23-18-. The van der Waals surface area contributed by atoms with Crippen molar-refractivity contribution < 1.29 is 4.79 Å². The van der Waals surface area contributed by atoms with Gasteiger partial charge in [0.1, 0.15) is 11.6 Å². The number of carbonyl (C=O) groups is 1. The summed E-state index contributed by atoms with van der Waals surface area (Å²) in [5.74, 6) is -0.185. The highest BCUT2D eigenvalue weighted by molar-refractivity contribution is 5.97. The van der Waals surface area contributed by atoms with Crippen molar-refractivity contribution in [2.24, 2.45) is 0 Å². The number of amides is 1. The van der Waals surface area contributed by atoms with E-state index < -0.39 is 0 Å². The van der Waals surface area contributed by atoms with Crippen molar-refractivity contribution >= 4 is 5.91 Å². The van der Waals surface area contributed by atoms with Crippen LogP contribution in [-0.4, -0.2) is 48.4 Å². The molecule has 1 amide bonds. The lowest BCUT2D eigenvalue weighted by atomic mass is 10.1. The third-order valence-electron chi connectivity index (χ3n) is 5.31. The predicted molar refractivity (Wildman–Crippen MR) is 115 cm³/mol. The number of carbonyl (C=O) groups excluding carboxylic acids is 1. The molecule has 0 unspecified atom stereocenters. The highest BCUT2D eigenvalue weighted by Gasteiger charge is 2.23. The van der Waals surface area contributed by atoms with Crippen molar-refractivity contribution in [3.8, 4) is 6.07 Å². The summed E-state index contributed by atoms with van der Waals surface area (Å²) in [5, 5.41) is 12.5. The number of nitrogens with one attached hydrogen (secondary N) is 1. The van der Waals surface area contributed by atoms with Crippen LogP contribution in [0.15, 0.2) is 66.4 Å². The number of hydrogen-bond acceptors (Lipinski definition) is 4. The van der Waals surface area contributed by atoms with E-state index in [9.17, 15) is 10.1 Å². The molecule has 5 heteroatoms. The van der Waals surface area contributed by atoms with Gasteiger partial charge in [-0.1, -0.05) is 54.6 Å². The van der Waals surface area contributed by atoms with Crippen LogP contribution in [-0.2, 0) is 17.8 Å². The second-order valence-electron chi connectivity index (χ2n) is 7.35. The Morgan fingerprint density at radius 3 is 2.45 bits per heavy atom. The van der Waals surface area contributed by atoms with Crippen LogP contribution in [0.3, 0.4) is 0 Å². The monoisotopic (exact) mass is 388 g/mol. The average Bonchev–Trinajstić information content (AvgIpc) is 2.76. The Balaban J connectivity index is 1.46. The Kier molecular flexibility index (Phi) is 7.43. The lowest BCUT2D eigenvalue weighted by molar-refractivity contribution is -0.128. The molecule has 1 aliphatic rings. The molecule has 2 aromatic carbocycles. The molecule has 0 aromatic heterocycles. The Hall–Kier alpha value is -3.10. The molecular formula is C24H28N4O. The number of hydrogen-bond donors (Lipinski definition) is 1. The zero-order chi connectivity index (χ0) is 20.5. The van der Waals surface area contributed by atoms with E-state index in [1.54, 1.807) is 11.1 Å². The molecule has 1 aliphatic heterocycles. The van der Waals surface area contributed by atoms with Crippen molar-refractivity contribution in [1.82, 2.24) is 15.1 Å². The fourth-order valence-electron chi connectivity index (χ4n) is 3.53. The molecule has 1 fully saturated rings.